The highest BCUT2D eigenvalue weighted by atomic mass is 32.2. The number of nitrogens with two attached hydrogens (primary N) is 1. The molecule has 0 aromatic carbocycles. The first-order valence-corrected chi connectivity index (χ1v) is 7.15. The minimum absolute atomic E-state index is 0.632. The zero-order valence-electron chi connectivity index (χ0n) is 11.1. The number of hydrogen-bond donors (Lipinski definition) is 2. The van der Waals surface area contributed by atoms with Crippen molar-refractivity contribution >= 4 is 34.0 Å². The molecule has 7 nitrogen and oxygen atoms in total. The Morgan fingerprint density at radius 2 is 1.95 bits per heavy atom. The molecule has 2 aromatic heterocycles. The van der Waals surface area contributed by atoms with Crippen molar-refractivity contribution in [2.45, 2.75) is 23.2 Å². The van der Waals surface area contributed by atoms with Gasteiger partial charge < -0.3 is 10.3 Å². The van der Waals surface area contributed by atoms with Crippen molar-refractivity contribution in [1.29, 1.82) is 0 Å². The van der Waals surface area contributed by atoms with Crippen LogP contribution in [0.4, 0.5) is 10.9 Å². The second-order valence-electron chi connectivity index (χ2n) is 4.04. The molecule has 0 aliphatic carbocycles. The van der Waals surface area contributed by atoms with Gasteiger partial charge in [-0.25, -0.2) is 15.8 Å². The lowest BCUT2D eigenvalue weighted by Crippen LogP contribution is -2.12. The van der Waals surface area contributed by atoms with Crippen LogP contribution in [-0.4, -0.2) is 34.3 Å². The number of aryl methyl sites for hydroxylation is 1. The van der Waals surface area contributed by atoms with E-state index in [9.17, 15) is 0 Å². The minimum Gasteiger partial charge on any atom is -0.353 e. The average Bonchev–Trinajstić information content (AvgIpc) is 2.82. The molecule has 2 aromatic rings. The van der Waals surface area contributed by atoms with E-state index in [-0.39, 0.29) is 0 Å². The first-order valence-electron chi connectivity index (χ1n) is 5.51. The molecule has 19 heavy (non-hydrogen) atoms. The third-order valence-electron chi connectivity index (χ3n) is 2.31. The number of nitrogens with one attached hydrogen (secondary N) is 1. The van der Waals surface area contributed by atoms with Gasteiger partial charge in [-0.15, -0.1) is 10.2 Å². The lowest BCUT2D eigenvalue weighted by molar-refractivity contribution is 0.929. The molecule has 102 valence electrons. The quantitative estimate of drug-likeness (QED) is 0.497. The largest absolute Gasteiger partial charge is 0.353 e. The molecular weight excluding hydrogens is 282 g/mol. The zero-order chi connectivity index (χ0) is 14.0. The van der Waals surface area contributed by atoms with Gasteiger partial charge >= 0.3 is 0 Å². The van der Waals surface area contributed by atoms with Crippen LogP contribution in [0.15, 0.2) is 9.37 Å². The topological polar surface area (TPSA) is 92.8 Å². The van der Waals surface area contributed by atoms with Crippen LogP contribution in [0, 0.1) is 13.8 Å². The summed E-state index contributed by atoms with van der Waals surface area (Å²) in [5.41, 5.74) is 3.48. The van der Waals surface area contributed by atoms with Crippen molar-refractivity contribution in [2.75, 3.05) is 24.4 Å². The third-order valence-corrected chi connectivity index (χ3v) is 4.54. The molecule has 0 unspecified atom stereocenters. The monoisotopic (exact) mass is 297 g/mol. The Labute approximate surface area is 119 Å². The maximum Gasteiger partial charge on any atom is 0.208 e. The molecule has 0 radical (unpaired) electrons. The van der Waals surface area contributed by atoms with E-state index >= 15 is 0 Å². The highest BCUT2D eigenvalue weighted by Crippen LogP contribution is 2.34. The predicted octanol–water partition coefficient (Wildman–Crippen LogP) is 1.45. The lowest BCUT2D eigenvalue weighted by Gasteiger charge is -2.08. The van der Waals surface area contributed by atoms with E-state index in [2.05, 4.69) is 25.6 Å². The second kappa shape index (κ2) is 5.68. The Bertz CT molecular complexity index is 581. The van der Waals surface area contributed by atoms with Crippen LogP contribution in [0.5, 0.6) is 0 Å². The summed E-state index contributed by atoms with van der Waals surface area (Å²) in [5.74, 6) is 6.74. The van der Waals surface area contributed by atoms with Crippen molar-refractivity contribution in [2.24, 2.45) is 5.84 Å². The van der Waals surface area contributed by atoms with Gasteiger partial charge in [-0.3, -0.25) is 0 Å². The Morgan fingerprint density at radius 1 is 1.21 bits per heavy atom. The van der Waals surface area contributed by atoms with Crippen molar-refractivity contribution in [1.82, 2.24) is 20.2 Å². The fraction of sp³-hybridized carbons (Fsp3) is 0.400. The molecular formula is C10H15N7S2. The Balaban J connectivity index is 2.29. The lowest BCUT2D eigenvalue weighted by atomic mass is 10.3. The minimum atomic E-state index is 0.632. The predicted molar refractivity (Wildman–Crippen MR) is 77.7 cm³/mol. The SMILES string of the molecule is Cc1nc(NN)c(C)c(Sc2nnc(N(C)C)s2)n1. The van der Waals surface area contributed by atoms with E-state index in [1.54, 1.807) is 0 Å². The molecule has 3 N–H and O–H groups in total. The van der Waals surface area contributed by atoms with Crippen molar-refractivity contribution in [3.8, 4) is 0 Å². The molecule has 0 atom stereocenters. The smallest absolute Gasteiger partial charge is 0.208 e. The first-order chi connectivity index (χ1) is 9.01. The second-order valence-corrected chi connectivity index (χ2v) is 6.23. The van der Waals surface area contributed by atoms with E-state index < -0.39 is 0 Å². The van der Waals surface area contributed by atoms with Crippen LogP contribution < -0.4 is 16.2 Å². The molecule has 0 bridgehead atoms. The Hall–Kier alpha value is -1.45. The summed E-state index contributed by atoms with van der Waals surface area (Å²) < 4.78 is 0.841. The molecule has 0 amide bonds. The highest BCUT2D eigenvalue weighted by Gasteiger charge is 2.13. The van der Waals surface area contributed by atoms with Gasteiger partial charge in [0, 0.05) is 19.7 Å². The van der Waals surface area contributed by atoms with Crippen LogP contribution in [0.2, 0.25) is 0 Å². The van der Waals surface area contributed by atoms with Gasteiger partial charge in [0.25, 0.3) is 0 Å². The molecule has 0 spiro atoms. The Morgan fingerprint density at radius 3 is 2.53 bits per heavy atom. The number of hydrogen-bond acceptors (Lipinski definition) is 9. The van der Waals surface area contributed by atoms with Gasteiger partial charge in [-0.2, -0.15) is 0 Å². The van der Waals surface area contributed by atoms with Crippen molar-refractivity contribution < 1.29 is 0 Å². The van der Waals surface area contributed by atoms with E-state index in [0.717, 1.165) is 20.1 Å². The van der Waals surface area contributed by atoms with E-state index in [1.165, 1.54) is 23.1 Å². The summed E-state index contributed by atoms with van der Waals surface area (Å²) in [6.45, 7) is 3.75. The third kappa shape index (κ3) is 3.11. The summed E-state index contributed by atoms with van der Waals surface area (Å²) in [5, 5.41) is 9.93. The van der Waals surface area contributed by atoms with Gasteiger partial charge in [-0.05, 0) is 25.6 Å². The van der Waals surface area contributed by atoms with E-state index in [0.29, 0.717) is 11.6 Å². The maximum absolute atomic E-state index is 5.44. The van der Waals surface area contributed by atoms with Crippen molar-refractivity contribution in [3.05, 3.63) is 11.4 Å². The van der Waals surface area contributed by atoms with Crippen LogP contribution in [0.3, 0.4) is 0 Å². The van der Waals surface area contributed by atoms with Gasteiger partial charge in [0.05, 0.1) is 0 Å². The summed E-state index contributed by atoms with van der Waals surface area (Å²) in [4.78, 5) is 10.6. The molecule has 9 heteroatoms. The van der Waals surface area contributed by atoms with Crippen LogP contribution >= 0.6 is 23.1 Å². The standard InChI is InChI=1S/C10H15N7S2/c1-5-7(14-11)12-6(2)13-8(5)18-10-16-15-9(19-10)17(3)4/h11H2,1-4H3,(H,12,13,14). The van der Waals surface area contributed by atoms with Gasteiger partial charge in [0.15, 0.2) is 4.34 Å². The number of nitrogen functional groups attached to an aromatic ring is 1. The number of hydrazine groups is 1. The van der Waals surface area contributed by atoms with Gasteiger partial charge in [0.2, 0.25) is 5.13 Å². The molecule has 0 aliphatic heterocycles. The average molecular weight is 297 g/mol. The summed E-state index contributed by atoms with van der Waals surface area (Å²) >= 11 is 2.99. The van der Waals surface area contributed by atoms with E-state index in [1.807, 2.05) is 32.8 Å². The van der Waals surface area contributed by atoms with Gasteiger partial charge in [-0.1, -0.05) is 11.3 Å². The number of nitrogens with zero attached hydrogens (tertiary/aromatic N) is 5. The van der Waals surface area contributed by atoms with Gasteiger partial charge in [0.1, 0.15) is 16.7 Å². The molecule has 0 fully saturated rings. The first kappa shape index (κ1) is 14.0. The fourth-order valence-corrected chi connectivity index (χ4v) is 3.15. The highest BCUT2D eigenvalue weighted by molar-refractivity contribution is 8.01. The van der Waals surface area contributed by atoms with Crippen LogP contribution in [-0.2, 0) is 0 Å². The number of anilines is 2. The Kier molecular flexibility index (Phi) is 4.17. The van der Waals surface area contributed by atoms with E-state index in [4.69, 9.17) is 5.84 Å². The molecule has 2 rings (SSSR count). The van der Waals surface area contributed by atoms with Crippen molar-refractivity contribution in [3.63, 3.8) is 0 Å². The molecule has 0 saturated heterocycles. The maximum atomic E-state index is 5.44. The summed E-state index contributed by atoms with van der Waals surface area (Å²) in [6, 6.07) is 0. The normalized spacial score (nSPS) is 10.6. The molecule has 0 aliphatic rings. The van der Waals surface area contributed by atoms with Crippen LogP contribution in [0.25, 0.3) is 0 Å². The fourth-order valence-electron chi connectivity index (χ4n) is 1.35. The molecule has 2 heterocycles. The van der Waals surface area contributed by atoms with Crippen LogP contribution in [0.1, 0.15) is 11.4 Å². The summed E-state index contributed by atoms with van der Waals surface area (Å²) in [6.07, 6.45) is 0. The number of rotatable bonds is 4. The summed E-state index contributed by atoms with van der Waals surface area (Å²) in [7, 11) is 3.87. The molecule has 0 saturated carbocycles. The number of aromatic nitrogens is 4. The zero-order valence-corrected chi connectivity index (χ0v) is 12.8.